The number of carbonyl (C=O) groups excluding carboxylic acids is 1. The smallest absolute Gasteiger partial charge is 0.224 e. The van der Waals surface area contributed by atoms with Gasteiger partial charge in [-0.15, -0.1) is 24.0 Å². The van der Waals surface area contributed by atoms with Crippen molar-refractivity contribution < 1.29 is 18.7 Å². The second-order valence-electron chi connectivity index (χ2n) is 5.97. The molecule has 9 heteroatoms. The summed E-state index contributed by atoms with van der Waals surface area (Å²) in [5.74, 6) is 1.09. The molecule has 0 aromatic heterocycles. The minimum Gasteiger partial charge on any atom is -0.493 e. The van der Waals surface area contributed by atoms with Crippen molar-refractivity contribution in [2.24, 2.45) is 10.7 Å². The molecule has 29 heavy (non-hydrogen) atoms. The van der Waals surface area contributed by atoms with Gasteiger partial charge in [-0.3, -0.25) is 4.79 Å². The summed E-state index contributed by atoms with van der Waals surface area (Å²) in [5, 5.41) is 5.70. The number of hydrogen-bond donors (Lipinski definition) is 3. The van der Waals surface area contributed by atoms with E-state index in [-0.39, 0.29) is 48.1 Å². The Balaban J connectivity index is 0.00000420. The third kappa shape index (κ3) is 8.55. The first-order chi connectivity index (χ1) is 13.5. The van der Waals surface area contributed by atoms with Gasteiger partial charge in [0.2, 0.25) is 5.91 Å². The average Bonchev–Trinajstić information content (AvgIpc) is 2.71. The summed E-state index contributed by atoms with van der Waals surface area (Å²) in [7, 11) is 3.15. The van der Waals surface area contributed by atoms with Crippen molar-refractivity contribution >= 4 is 35.8 Å². The van der Waals surface area contributed by atoms with Crippen LogP contribution in [0, 0.1) is 5.82 Å². The van der Waals surface area contributed by atoms with E-state index in [1.54, 1.807) is 26.4 Å². The molecule has 0 radical (unpaired) electrons. The zero-order valence-electron chi connectivity index (χ0n) is 16.4. The number of aliphatic imine (C=N–C) groups is 1. The molecule has 0 atom stereocenters. The first-order valence-corrected chi connectivity index (χ1v) is 8.77. The van der Waals surface area contributed by atoms with E-state index in [0.29, 0.717) is 31.1 Å². The second-order valence-corrected chi connectivity index (χ2v) is 5.97. The van der Waals surface area contributed by atoms with Crippen molar-refractivity contribution in [2.75, 3.05) is 27.3 Å². The lowest BCUT2D eigenvalue weighted by molar-refractivity contribution is -0.120. The predicted molar refractivity (Wildman–Crippen MR) is 121 cm³/mol. The summed E-state index contributed by atoms with van der Waals surface area (Å²) in [6, 6.07) is 11.4. The van der Waals surface area contributed by atoms with Gasteiger partial charge < -0.3 is 25.8 Å². The molecule has 158 valence electrons. The highest BCUT2D eigenvalue weighted by molar-refractivity contribution is 14.0. The Morgan fingerprint density at radius 3 is 2.28 bits per heavy atom. The van der Waals surface area contributed by atoms with E-state index in [2.05, 4.69) is 15.6 Å². The molecule has 0 heterocycles. The van der Waals surface area contributed by atoms with Crippen LogP contribution in [0.15, 0.2) is 47.5 Å². The van der Waals surface area contributed by atoms with Gasteiger partial charge >= 0.3 is 0 Å². The van der Waals surface area contributed by atoms with Crippen LogP contribution in [0.25, 0.3) is 0 Å². The number of ether oxygens (including phenoxy) is 2. The van der Waals surface area contributed by atoms with E-state index < -0.39 is 0 Å². The average molecular weight is 516 g/mol. The minimum atomic E-state index is -0.323. The fraction of sp³-hybridized carbons (Fsp3) is 0.300. The summed E-state index contributed by atoms with van der Waals surface area (Å²) < 4.78 is 23.3. The van der Waals surface area contributed by atoms with Gasteiger partial charge in [0.1, 0.15) is 5.82 Å². The number of benzene rings is 2. The number of nitrogens with one attached hydrogen (secondary N) is 2. The van der Waals surface area contributed by atoms with Gasteiger partial charge in [0, 0.05) is 13.1 Å². The predicted octanol–water partition coefficient (Wildman–Crippen LogP) is 2.22. The Labute approximate surface area is 186 Å². The standard InChI is InChI=1S/C20H25FN4O3.HI/c1-27-17-8-5-15(11-18(17)28-2)13-25-20(22)24-10-9-23-19(26)12-14-3-6-16(21)7-4-14;/h3-8,11H,9-10,12-13H2,1-2H3,(H,23,26)(H3,22,24,25);1H. The summed E-state index contributed by atoms with van der Waals surface area (Å²) >= 11 is 0. The molecule has 0 fully saturated rings. The minimum absolute atomic E-state index is 0. The molecule has 0 aliphatic rings. The Morgan fingerprint density at radius 2 is 1.62 bits per heavy atom. The number of nitrogens with zero attached hydrogens (tertiary/aromatic N) is 1. The molecule has 0 aliphatic carbocycles. The topological polar surface area (TPSA) is 98.0 Å². The van der Waals surface area contributed by atoms with Crippen molar-refractivity contribution in [2.45, 2.75) is 13.0 Å². The van der Waals surface area contributed by atoms with Crippen LogP contribution in [0.4, 0.5) is 4.39 Å². The lowest BCUT2D eigenvalue weighted by atomic mass is 10.1. The van der Waals surface area contributed by atoms with Gasteiger partial charge in [0.05, 0.1) is 27.2 Å². The van der Waals surface area contributed by atoms with Gasteiger partial charge in [-0.05, 0) is 35.4 Å². The van der Waals surface area contributed by atoms with Crippen LogP contribution in [0.2, 0.25) is 0 Å². The van der Waals surface area contributed by atoms with Crippen molar-refractivity contribution in [3.05, 3.63) is 59.4 Å². The zero-order valence-corrected chi connectivity index (χ0v) is 18.7. The molecule has 2 rings (SSSR count). The molecule has 4 N–H and O–H groups in total. The van der Waals surface area contributed by atoms with E-state index in [4.69, 9.17) is 15.2 Å². The molecule has 0 unspecified atom stereocenters. The van der Waals surface area contributed by atoms with E-state index in [0.717, 1.165) is 11.1 Å². The normalized spacial score (nSPS) is 10.7. The Hall–Kier alpha value is -2.56. The maximum atomic E-state index is 12.8. The first kappa shape index (κ1) is 24.5. The Kier molecular flexibility index (Phi) is 10.8. The van der Waals surface area contributed by atoms with E-state index >= 15 is 0 Å². The number of amides is 1. The highest BCUT2D eigenvalue weighted by Gasteiger charge is 2.05. The number of guanidine groups is 1. The number of carbonyl (C=O) groups is 1. The van der Waals surface area contributed by atoms with Crippen LogP contribution in [0.5, 0.6) is 11.5 Å². The summed E-state index contributed by atoms with van der Waals surface area (Å²) in [6.45, 7) is 1.22. The number of methoxy groups -OCH3 is 2. The fourth-order valence-corrected chi connectivity index (χ4v) is 2.45. The lowest BCUT2D eigenvalue weighted by Gasteiger charge is -2.09. The van der Waals surface area contributed by atoms with E-state index in [1.165, 1.54) is 12.1 Å². The number of hydrogen-bond acceptors (Lipinski definition) is 4. The molecule has 7 nitrogen and oxygen atoms in total. The van der Waals surface area contributed by atoms with Crippen molar-refractivity contribution in [1.29, 1.82) is 0 Å². The van der Waals surface area contributed by atoms with Crippen LogP contribution < -0.4 is 25.8 Å². The Morgan fingerprint density at radius 1 is 1.00 bits per heavy atom. The second kappa shape index (κ2) is 12.8. The fourth-order valence-electron chi connectivity index (χ4n) is 2.45. The zero-order chi connectivity index (χ0) is 20.4. The maximum absolute atomic E-state index is 12.8. The van der Waals surface area contributed by atoms with E-state index in [1.807, 2.05) is 18.2 Å². The maximum Gasteiger partial charge on any atom is 0.224 e. The van der Waals surface area contributed by atoms with Gasteiger partial charge in [-0.1, -0.05) is 18.2 Å². The molecular formula is C20H26FIN4O3. The third-order valence-electron chi connectivity index (χ3n) is 3.91. The largest absolute Gasteiger partial charge is 0.493 e. The van der Waals surface area contributed by atoms with Crippen LogP contribution in [0.3, 0.4) is 0 Å². The molecule has 0 bridgehead atoms. The molecule has 2 aromatic carbocycles. The summed E-state index contributed by atoms with van der Waals surface area (Å²) in [5.41, 5.74) is 7.52. The number of nitrogens with two attached hydrogens (primary N) is 1. The number of rotatable bonds is 9. The van der Waals surface area contributed by atoms with Gasteiger partial charge in [-0.25, -0.2) is 9.38 Å². The van der Waals surface area contributed by atoms with Gasteiger partial charge in [-0.2, -0.15) is 0 Å². The van der Waals surface area contributed by atoms with Gasteiger partial charge in [0.25, 0.3) is 0 Å². The SMILES string of the molecule is COc1ccc(CN=C(N)NCCNC(=O)Cc2ccc(F)cc2)cc1OC.I. The summed E-state index contributed by atoms with van der Waals surface area (Å²) in [4.78, 5) is 16.1. The third-order valence-corrected chi connectivity index (χ3v) is 3.91. The Bertz CT molecular complexity index is 816. The van der Waals surface area contributed by atoms with Crippen molar-refractivity contribution in [3.8, 4) is 11.5 Å². The monoisotopic (exact) mass is 516 g/mol. The number of halogens is 2. The molecule has 1 amide bonds. The highest BCUT2D eigenvalue weighted by atomic mass is 127. The molecule has 0 saturated carbocycles. The molecule has 2 aromatic rings. The lowest BCUT2D eigenvalue weighted by Crippen LogP contribution is -2.38. The quantitative estimate of drug-likeness (QED) is 0.206. The van der Waals surface area contributed by atoms with Gasteiger partial charge in [0.15, 0.2) is 17.5 Å². The molecule has 0 aliphatic heterocycles. The summed E-state index contributed by atoms with van der Waals surface area (Å²) in [6.07, 6.45) is 0.198. The first-order valence-electron chi connectivity index (χ1n) is 8.77. The molecule has 0 saturated heterocycles. The van der Waals surface area contributed by atoms with Crippen molar-refractivity contribution in [1.82, 2.24) is 10.6 Å². The van der Waals surface area contributed by atoms with Crippen LogP contribution in [0.1, 0.15) is 11.1 Å². The van der Waals surface area contributed by atoms with E-state index in [9.17, 15) is 9.18 Å². The highest BCUT2D eigenvalue weighted by Crippen LogP contribution is 2.27. The van der Waals surface area contributed by atoms with Crippen LogP contribution in [-0.4, -0.2) is 39.2 Å². The molecule has 0 spiro atoms. The van der Waals surface area contributed by atoms with Crippen molar-refractivity contribution in [3.63, 3.8) is 0 Å². The van der Waals surface area contributed by atoms with Crippen LogP contribution in [-0.2, 0) is 17.8 Å². The molecular weight excluding hydrogens is 490 g/mol. The van der Waals surface area contributed by atoms with Crippen LogP contribution >= 0.6 is 24.0 Å².